The van der Waals surface area contributed by atoms with Gasteiger partial charge in [-0.1, -0.05) is 13.0 Å². The predicted molar refractivity (Wildman–Crippen MR) is 58.1 cm³/mol. The average molecular weight is 190 g/mol. The number of pyridine rings is 1. The highest BCUT2D eigenvalue weighted by molar-refractivity contribution is 5.20. The van der Waals surface area contributed by atoms with Crippen molar-refractivity contribution in [3.05, 3.63) is 29.6 Å². The second kappa shape index (κ2) is 3.70. The molecule has 1 heterocycles. The smallest absolute Gasteiger partial charge is 0.0372 e. The second-order valence-corrected chi connectivity index (χ2v) is 4.44. The molecule has 1 aliphatic rings. The molecule has 3 unspecified atom stereocenters. The van der Waals surface area contributed by atoms with Crippen LogP contribution in [0.4, 0.5) is 0 Å². The number of aryl methyl sites for hydroxylation is 1. The van der Waals surface area contributed by atoms with Crippen LogP contribution in [0.3, 0.4) is 0 Å². The molecule has 2 N–H and O–H groups in total. The van der Waals surface area contributed by atoms with Crippen molar-refractivity contribution >= 4 is 0 Å². The highest BCUT2D eigenvalue weighted by Gasteiger charge is 2.31. The normalized spacial score (nSPS) is 32.1. The third-order valence-corrected chi connectivity index (χ3v) is 3.48. The Morgan fingerprint density at radius 1 is 1.36 bits per heavy atom. The van der Waals surface area contributed by atoms with E-state index in [-0.39, 0.29) is 0 Å². The van der Waals surface area contributed by atoms with Gasteiger partial charge < -0.3 is 5.73 Å². The van der Waals surface area contributed by atoms with Crippen LogP contribution in [0.5, 0.6) is 0 Å². The van der Waals surface area contributed by atoms with Crippen molar-refractivity contribution in [1.82, 2.24) is 4.98 Å². The van der Waals surface area contributed by atoms with Gasteiger partial charge in [-0.2, -0.15) is 0 Å². The van der Waals surface area contributed by atoms with E-state index in [1.807, 2.05) is 13.1 Å². The molecular formula is C12H18N2. The highest BCUT2D eigenvalue weighted by atomic mass is 14.7. The Morgan fingerprint density at radius 2 is 2.14 bits per heavy atom. The minimum Gasteiger partial charge on any atom is -0.327 e. The van der Waals surface area contributed by atoms with E-state index in [0.29, 0.717) is 17.9 Å². The van der Waals surface area contributed by atoms with Crippen molar-refractivity contribution in [2.45, 2.75) is 38.6 Å². The number of rotatable bonds is 1. The number of aromatic nitrogens is 1. The van der Waals surface area contributed by atoms with Gasteiger partial charge >= 0.3 is 0 Å². The van der Waals surface area contributed by atoms with E-state index in [2.05, 4.69) is 24.0 Å². The van der Waals surface area contributed by atoms with Gasteiger partial charge in [0.2, 0.25) is 0 Å². The summed E-state index contributed by atoms with van der Waals surface area (Å²) < 4.78 is 0. The van der Waals surface area contributed by atoms with Gasteiger partial charge in [-0.15, -0.1) is 0 Å². The molecule has 0 aliphatic heterocycles. The molecule has 14 heavy (non-hydrogen) atoms. The Balaban J connectivity index is 2.19. The SMILES string of the molecule is Cc1ccc(C2CCC(N)C2C)cn1. The molecule has 2 nitrogen and oxygen atoms in total. The van der Waals surface area contributed by atoms with E-state index in [0.717, 1.165) is 12.1 Å². The Bertz CT molecular complexity index is 305. The first-order valence-electron chi connectivity index (χ1n) is 5.36. The first-order chi connectivity index (χ1) is 6.68. The van der Waals surface area contributed by atoms with Gasteiger partial charge in [0.05, 0.1) is 0 Å². The molecule has 2 heteroatoms. The molecule has 1 saturated carbocycles. The number of nitrogens with two attached hydrogens (primary N) is 1. The Hall–Kier alpha value is -0.890. The van der Waals surface area contributed by atoms with Gasteiger partial charge in [-0.3, -0.25) is 4.98 Å². The summed E-state index contributed by atoms with van der Waals surface area (Å²) in [5.74, 6) is 1.22. The molecule has 0 saturated heterocycles. The van der Waals surface area contributed by atoms with Gasteiger partial charge in [0, 0.05) is 17.9 Å². The van der Waals surface area contributed by atoms with Gasteiger partial charge in [-0.05, 0) is 43.2 Å². The van der Waals surface area contributed by atoms with Gasteiger partial charge in [0.25, 0.3) is 0 Å². The van der Waals surface area contributed by atoms with E-state index in [4.69, 9.17) is 5.73 Å². The van der Waals surface area contributed by atoms with Crippen molar-refractivity contribution in [2.24, 2.45) is 11.7 Å². The van der Waals surface area contributed by atoms with Gasteiger partial charge in [0.15, 0.2) is 0 Å². The summed E-state index contributed by atoms with van der Waals surface area (Å²) in [4.78, 5) is 4.34. The third-order valence-electron chi connectivity index (χ3n) is 3.48. The molecule has 0 spiro atoms. The topological polar surface area (TPSA) is 38.9 Å². The molecule has 1 fully saturated rings. The summed E-state index contributed by atoms with van der Waals surface area (Å²) in [6.45, 7) is 4.27. The molecule has 3 atom stereocenters. The van der Waals surface area contributed by atoms with Crippen LogP contribution < -0.4 is 5.73 Å². The minimum atomic E-state index is 0.376. The summed E-state index contributed by atoms with van der Waals surface area (Å²) in [5, 5.41) is 0. The van der Waals surface area contributed by atoms with Crippen molar-refractivity contribution in [1.29, 1.82) is 0 Å². The fraction of sp³-hybridized carbons (Fsp3) is 0.583. The molecule has 2 rings (SSSR count). The average Bonchev–Trinajstić information content (AvgIpc) is 2.50. The lowest BCUT2D eigenvalue weighted by Gasteiger charge is -2.17. The maximum atomic E-state index is 6.02. The molecule has 0 amide bonds. The Labute approximate surface area is 85.5 Å². The van der Waals surface area contributed by atoms with E-state index in [9.17, 15) is 0 Å². The lowest BCUT2D eigenvalue weighted by atomic mass is 9.90. The van der Waals surface area contributed by atoms with Crippen LogP contribution in [0.15, 0.2) is 18.3 Å². The van der Waals surface area contributed by atoms with Crippen LogP contribution >= 0.6 is 0 Å². The molecule has 1 aromatic heterocycles. The zero-order chi connectivity index (χ0) is 10.1. The van der Waals surface area contributed by atoms with Crippen LogP contribution in [-0.2, 0) is 0 Å². The zero-order valence-corrected chi connectivity index (χ0v) is 8.90. The Kier molecular flexibility index (Phi) is 2.55. The standard InChI is InChI=1S/C12H18N2/c1-8-3-4-10(7-14-8)11-5-6-12(13)9(11)2/h3-4,7,9,11-12H,5-6,13H2,1-2H3. The number of nitrogens with zero attached hydrogens (tertiary/aromatic N) is 1. The fourth-order valence-corrected chi connectivity index (χ4v) is 2.36. The quantitative estimate of drug-likeness (QED) is 0.737. The molecule has 1 aliphatic carbocycles. The van der Waals surface area contributed by atoms with Crippen LogP contribution in [-0.4, -0.2) is 11.0 Å². The van der Waals surface area contributed by atoms with Gasteiger partial charge in [0.1, 0.15) is 0 Å². The largest absolute Gasteiger partial charge is 0.327 e. The maximum Gasteiger partial charge on any atom is 0.0372 e. The predicted octanol–water partition coefficient (Wildman–Crippen LogP) is 2.23. The molecular weight excluding hydrogens is 172 g/mol. The molecule has 0 bridgehead atoms. The number of hydrogen-bond donors (Lipinski definition) is 1. The monoisotopic (exact) mass is 190 g/mol. The van der Waals surface area contributed by atoms with Crippen LogP contribution in [0, 0.1) is 12.8 Å². The first-order valence-corrected chi connectivity index (χ1v) is 5.36. The zero-order valence-electron chi connectivity index (χ0n) is 8.90. The van der Waals surface area contributed by atoms with Crippen molar-refractivity contribution in [3.8, 4) is 0 Å². The fourth-order valence-electron chi connectivity index (χ4n) is 2.36. The van der Waals surface area contributed by atoms with E-state index in [1.54, 1.807) is 0 Å². The van der Waals surface area contributed by atoms with Gasteiger partial charge in [-0.25, -0.2) is 0 Å². The maximum absolute atomic E-state index is 6.02. The summed E-state index contributed by atoms with van der Waals surface area (Å²) >= 11 is 0. The third kappa shape index (κ3) is 1.67. The van der Waals surface area contributed by atoms with Crippen molar-refractivity contribution < 1.29 is 0 Å². The first kappa shape index (κ1) is 9.66. The number of hydrogen-bond acceptors (Lipinski definition) is 2. The van der Waals surface area contributed by atoms with Crippen molar-refractivity contribution in [3.63, 3.8) is 0 Å². The van der Waals surface area contributed by atoms with E-state index < -0.39 is 0 Å². The highest BCUT2D eigenvalue weighted by Crippen LogP contribution is 2.38. The van der Waals surface area contributed by atoms with Crippen LogP contribution in [0.1, 0.15) is 36.9 Å². The lowest BCUT2D eigenvalue weighted by Crippen LogP contribution is -2.24. The van der Waals surface area contributed by atoms with Crippen LogP contribution in [0.2, 0.25) is 0 Å². The molecule has 0 radical (unpaired) electrons. The summed E-state index contributed by atoms with van der Waals surface area (Å²) in [5.41, 5.74) is 8.46. The molecule has 1 aromatic rings. The lowest BCUT2D eigenvalue weighted by molar-refractivity contribution is 0.478. The summed E-state index contributed by atoms with van der Waals surface area (Å²) in [7, 11) is 0. The van der Waals surface area contributed by atoms with E-state index in [1.165, 1.54) is 12.0 Å². The van der Waals surface area contributed by atoms with Crippen molar-refractivity contribution in [2.75, 3.05) is 0 Å². The van der Waals surface area contributed by atoms with E-state index >= 15 is 0 Å². The van der Waals surface area contributed by atoms with Crippen LogP contribution in [0.25, 0.3) is 0 Å². The minimum absolute atomic E-state index is 0.376. The Morgan fingerprint density at radius 3 is 2.64 bits per heavy atom. The molecule has 76 valence electrons. The summed E-state index contributed by atoms with van der Waals surface area (Å²) in [6, 6.07) is 4.66. The summed E-state index contributed by atoms with van der Waals surface area (Å²) in [6.07, 6.45) is 4.38. The molecule has 0 aromatic carbocycles. The second-order valence-electron chi connectivity index (χ2n) is 4.44.